The first kappa shape index (κ1) is 24.0. The first-order valence-corrected chi connectivity index (χ1v) is 13.1. The van der Waals surface area contributed by atoms with Crippen LogP contribution in [0.4, 0.5) is 5.69 Å². The predicted octanol–water partition coefficient (Wildman–Crippen LogP) is 4.47. The second-order valence-electron chi connectivity index (χ2n) is 8.52. The number of rotatable bonds is 8. The Morgan fingerprint density at radius 1 is 0.882 bits per heavy atom. The van der Waals surface area contributed by atoms with E-state index in [0.29, 0.717) is 32.5 Å². The van der Waals surface area contributed by atoms with Crippen LogP contribution in [0.2, 0.25) is 0 Å². The smallest absolute Gasteiger partial charge is 0.230 e. The summed E-state index contributed by atoms with van der Waals surface area (Å²) in [5.74, 6) is 0.509. The van der Waals surface area contributed by atoms with Gasteiger partial charge in [-0.25, -0.2) is 12.7 Å². The predicted molar refractivity (Wildman–Crippen MR) is 134 cm³/mol. The van der Waals surface area contributed by atoms with E-state index in [-0.39, 0.29) is 17.6 Å². The van der Waals surface area contributed by atoms with Crippen molar-refractivity contribution in [2.75, 3.05) is 25.1 Å². The van der Waals surface area contributed by atoms with Crippen molar-refractivity contribution in [3.05, 3.63) is 96.1 Å². The molecule has 0 N–H and O–H groups in total. The third-order valence-corrected chi connectivity index (χ3v) is 8.07. The largest absolute Gasteiger partial charge is 0.497 e. The molecule has 7 heteroatoms. The summed E-state index contributed by atoms with van der Waals surface area (Å²) >= 11 is 0. The summed E-state index contributed by atoms with van der Waals surface area (Å²) < 4.78 is 32.6. The maximum atomic E-state index is 13.6. The number of amides is 1. The molecule has 0 spiro atoms. The molecular formula is C27H30N2O4S. The molecule has 0 atom stereocenters. The summed E-state index contributed by atoms with van der Waals surface area (Å²) in [7, 11) is -1.81. The number of anilines is 1. The number of carbonyl (C=O) groups excluding carboxylic acids is 1. The van der Waals surface area contributed by atoms with E-state index < -0.39 is 10.0 Å². The van der Waals surface area contributed by atoms with Gasteiger partial charge in [-0.3, -0.25) is 4.79 Å². The lowest BCUT2D eigenvalue weighted by atomic mass is 9.96. The molecule has 4 rings (SSSR count). The van der Waals surface area contributed by atoms with Crippen molar-refractivity contribution in [3.63, 3.8) is 0 Å². The molecule has 1 heterocycles. The van der Waals surface area contributed by atoms with Gasteiger partial charge in [0.25, 0.3) is 0 Å². The molecule has 3 aromatic rings. The van der Waals surface area contributed by atoms with Crippen LogP contribution in [-0.4, -0.2) is 38.8 Å². The van der Waals surface area contributed by atoms with Gasteiger partial charge in [0.2, 0.25) is 15.9 Å². The van der Waals surface area contributed by atoms with E-state index in [4.69, 9.17) is 4.74 Å². The van der Waals surface area contributed by atoms with Gasteiger partial charge >= 0.3 is 0 Å². The van der Waals surface area contributed by atoms with E-state index in [9.17, 15) is 13.2 Å². The van der Waals surface area contributed by atoms with Crippen LogP contribution in [0.15, 0.2) is 84.9 Å². The van der Waals surface area contributed by atoms with Crippen LogP contribution in [0.1, 0.15) is 24.0 Å². The lowest BCUT2D eigenvalue weighted by Gasteiger charge is -2.34. The molecule has 34 heavy (non-hydrogen) atoms. The summed E-state index contributed by atoms with van der Waals surface area (Å²) in [6.07, 6.45) is 1.02. The second kappa shape index (κ2) is 10.8. The van der Waals surface area contributed by atoms with E-state index in [2.05, 4.69) is 0 Å². The van der Waals surface area contributed by atoms with Gasteiger partial charge in [0.05, 0.1) is 19.4 Å². The third kappa shape index (κ3) is 5.85. The van der Waals surface area contributed by atoms with Gasteiger partial charge in [0.1, 0.15) is 5.75 Å². The number of piperidine rings is 1. The van der Waals surface area contributed by atoms with Crippen LogP contribution in [0.5, 0.6) is 5.75 Å². The van der Waals surface area contributed by atoms with Gasteiger partial charge in [0, 0.05) is 24.7 Å². The number of hydrogen-bond donors (Lipinski definition) is 0. The maximum absolute atomic E-state index is 13.6. The van der Waals surface area contributed by atoms with E-state index in [1.165, 1.54) is 4.31 Å². The van der Waals surface area contributed by atoms with E-state index in [1.54, 1.807) is 12.0 Å². The van der Waals surface area contributed by atoms with E-state index >= 15 is 0 Å². The molecule has 0 unspecified atom stereocenters. The van der Waals surface area contributed by atoms with Gasteiger partial charge in [-0.05, 0) is 48.2 Å². The summed E-state index contributed by atoms with van der Waals surface area (Å²) in [6, 6.07) is 26.6. The molecule has 0 bridgehead atoms. The van der Waals surface area contributed by atoms with Gasteiger partial charge in [-0.2, -0.15) is 0 Å². The highest BCUT2D eigenvalue weighted by Gasteiger charge is 2.33. The summed E-state index contributed by atoms with van der Waals surface area (Å²) in [4.78, 5) is 15.4. The average molecular weight is 479 g/mol. The Hall–Kier alpha value is -3.16. The van der Waals surface area contributed by atoms with Gasteiger partial charge in [-0.15, -0.1) is 0 Å². The lowest BCUT2D eigenvalue weighted by Crippen LogP contribution is -2.44. The van der Waals surface area contributed by atoms with Crippen molar-refractivity contribution in [2.45, 2.75) is 25.1 Å². The molecule has 0 radical (unpaired) electrons. The van der Waals surface area contributed by atoms with Gasteiger partial charge in [0.15, 0.2) is 0 Å². The van der Waals surface area contributed by atoms with Crippen molar-refractivity contribution in [1.82, 2.24) is 4.31 Å². The Balaban J connectivity index is 1.46. The van der Waals surface area contributed by atoms with Crippen molar-refractivity contribution < 1.29 is 17.9 Å². The first-order valence-electron chi connectivity index (χ1n) is 11.5. The van der Waals surface area contributed by atoms with Crippen LogP contribution in [0, 0.1) is 5.92 Å². The summed E-state index contributed by atoms with van der Waals surface area (Å²) in [5, 5.41) is 0. The van der Waals surface area contributed by atoms with Crippen LogP contribution in [0.25, 0.3) is 0 Å². The van der Waals surface area contributed by atoms with Gasteiger partial charge < -0.3 is 9.64 Å². The standard InChI is InChI=1S/C27H30N2O4S/c1-33-26-14-12-25(13-15-26)29(20-22-8-4-2-5-9-22)27(30)24-16-18-28(19-17-24)34(31,32)21-23-10-6-3-7-11-23/h2-15,24H,16-21H2,1H3. The number of sulfonamides is 1. The molecule has 1 saturated heterocycles. The van der Waals surface area contributed by atoms with Crippen LogP contribution < -0.4 is 9.64 Å². The number of nitrogens with zero attached hydrogens (tertiary/aromatic N) is 2. The minimum atomic E-state index is -3.42. The molecule has 0 saturated carbocycles. The molecule has 3 aromatic carbocycles. The van der Waals surface area contributed by atoms with E-state index in [0.717, 1.165) is 22.6 Å². The summed E-state index contributed by atoms with van der Waals surface area (Å²) in [6.45, 7) is 1.17. The molecule has 1 fully saturated rings. The molecule has 178 valence electrons. The first-order chi connectivity index (χ1) is 16.5. The Bertz CT molecular complexity index is 1170. The monoisotopic (exact) mass is 478 g/mol. The fraction of sp³-hybridized carbons (Fsp3) is 0.296. The molecule has 0 aromatic heterocycles. The van der Waals surface area contributed by atoms with Crippen LogP contribution in [0.3, 0.4) is 0 Å². The SMILES string of the molecule is COc1ccc(N(Cc2ccccc2)C(=O)C2CCN(S(=O)(=O)Cc3ccccc3)CC2)cc1. The number of hydrogen-bond acceptors (Lipinski definition) is 4. The normalized spacial score (nSPS) is 15.1. The highest BCUT2D eigenvalue weighted by molar-refractivity contribution is 7.88. The average Bonchev–Trinajstić information content (AvgIpc) is 2.88. The lowest BCUT2D eigenvalue weighted by molar-refractivity contribution is -0.123. The minimum absolute atomic E-state index is 0.0154. The highest BCUT2D eigenvalue weighted by atomic mass is 32.2. The highest BCUT2D eigenvalue weighted by Crippen LogP contribution is 2.28. The fourth-order valence-electron chi connectivity index (χ4n) is 4.30. The van der Waals surface area contributed by atoms with Crippen molar-refractivity contribution in [2.24, 2.45) is 5.92 Å². The zero-order valence-electron chi connectivity index (χ0n) is 19.3. The van der Waals surface area contributed by atoms with Crippen LogP contribution in [-0.2, 0) is 27.1 Å². The minimum Gasteiger partial charge on any atom is -0.497 e. The Kier molecular flexibility index (Phi) is 7.65. The maximum Gasteiger partial charge on any atom is 0.230 e. The van der Waals surface area contributed by atoms with Crippen molar-refractivity contribution in [1.29, 1.82) is 0 Å². The van der Waals surface area contributed by atoms with Crippen molar-refractivity contribution in [3.8, 4) is 5.75 Å². The summed E-state index contributed by atoms with van der Waals surface area (Å²) in [5.41, 5.74) is 2.61. The molecule has 6 nitrogen and oxygen atoms in total. The number of carbonyl (C=O) groups is 1. The van der Waals surface area contributed by atoms with Gasteiger partial charge in [-0.1, -0.05) is 60.7 Å². The zero-order chi connectivity index (χ0) is 24.0. The van der Waals surface area contributed by atoms with Crippen molar-refractivity contribution >= 4 is 21.6 Å². The Morgan fingerprint density at radius 2 is 1.44 bits per heavy atom. The molecular weight excluding hydrogens is 448 g/mol. The Labute approximate surface area is 201 Å². The third-order valence-electron chi connectivity index (χ3n) is 6.22. The van der Waals surface area contributed by atoms with Crippen LogP contribution >= 0.6 is 0 Å². The zero-order valence-corrected chi connectivity index (χ0v) is 20.2. The number of ether oxygens (including phenoxy) is 1. The molecule has 1 aliphatic heterocycles. The topological polar surface area (TPSA) is 66.9 Å². The molecule has 1 aliphatic rings. The Morgan fingerprint density at radius 3 is 2.00 bits per heavy atom. The number of benzene rings is 3. The number of methoxy groups -OCH3 is 1. The molecule has 1 amide bonds. The fourth-order valence-corrected chi connectivity index (χ4v) is 5.87. The quantitative estimate of drug-likeness (QED) is 0.479. The van der Waals surface area contributed by atoms with E-state index in [1.807, 2.05) is 84.9 Å². The molecule has 0 aliphatic carbocycles. The second-order valence-corrected chi connectivity index (χ2v) is 10.5.